The zero-order valence-electron chi connectivity index (χ0n) is 11.5. The minimum atomic E-state index is -0.262. The van der Waals surface area contributed by atoms with E-state index in [1.165, 1.54) is 7.05 Å². The third-order valence-electron chi connectivity index (χ3n) is 3.69. The van der Waals surface area contributed by atoms with Crippen molar-refractivity contribution in [3.63, 3.8) is 0 Å². The maximum absolute atomic E-state index is 11.8. The average molecular weight is 289 g/mol. The van der Waals surface area contributed by atoms with Crippen LogP contribution in [0.4, 0.5) is 0 Å². The van der Waals surface area contributed by atoms with Gasteiger partial charge in [0.15, 0.2) is 0 Å². The summed E-state index contributed by atoms with van der Waals surface area (Å²) in [5.74, 6) is 0. The zero-order valence-corrected chi connectivity index (χ0v) is 12.4. The molecule has 1 saturated heterocycles. The lowest BCUT2D eigenvalue weighted by Gasteiger charge is -2.18. The summed E-state index contributed by atoms with van der Waals surface area (Å²) in [5.41, 5.74) is 0.277. The van der Waals surface area contributed by atoms with Crippen molar-refractivity contribution in [2.75, 3.05) is 20.1 Å². The van der Waals surface area contributed by atoms with Crippen molar-refractivity contribution in [2.45, 2.75) is 19.0 Å². The van der Waals surface area contributed by atoms with E-state index in [0.717, 1.165) is 29.8 Å². The van der Waals surface area contributed by atoms with E-state index in [1.54, 1.807) is 17.7 Å². The third-order valence-corrected chi connectivity index (χ3v) is 3.69. The summed E-state index contributed by atoms with van der Waals surface area (Å²) in [6, 6.07) is 2.06. The van der Waals surface area contributed by atoms with Crippen molar-refractivity contribution in [3.05, 3.63) is 32.6 Å². The number of hydrogen-bond acceptors (Lipinski definition) is 4. The van der Waals surface area contributed by atoms with Gasteiger partial charge in [-0.3, -0.25) is 18.8 Å². The fourth-order valence-corrected chi connectivity index (χ4v) is 2.37. The molecule has 6 nitrogen and oxygen atoms in total. The van der Waals surface area contributed by atoms with Gasteiger partial charge in [-0.1, -0.05) is 0 Å². The molecule has 1 aliphatic rings. The SMILES string of the molecule is CNC1CCN(Cc2cc(=O)n(C)c(=O)n2C)C1.Cl. The van der Waals surface area contributed by atoms with E-state index in [4.69, 9.17) is 0 Å². The molecule has 0 spiro atoms. The Hall–Kier alpha value is -1.11. The predicted octanol–water partition coefficient (Wildman–Crippen LogP) is -0.700. The summed E-state index contributed by atoms with van der Waals surface area (Å²) >= 11 is 0. The van der Waals surface area contributed by atoms with Gasteiger partial charge in [-0.2, -0.15) is 0 Å². The number of likely N-dealkylation sites (N-methyl/N-ethyl adjacent to an activating group) is 1. The van der Waals surface area contributed by atoms with Crippen LogP contribution in [0.2, 0.25) is 0 Å². The van der Waals surface area contributed by atoms with Crippen molar-refractivity contribution in [1.82, 2.24) is 19.4 Å². The van der Waals surface area contributed by atoms with E-state index in [1.807, 2.05) is 7.05 Å². The van der Waals surface area contributed by atoms with Gasteiger partial charge in [-0.15, -0.1) is 12.4 Å². The topological polar surface area (TPSA) is 59.3 Å². The Morgan fingerprint density at radius 1 is 1.32 bits per heavy atom. The number of nitrogens with one attached hydrogen (secondary N) is 1. The van der Waals surface area contributed by atoms with Crippen LogP contribution in [0.5, 0.6) is 0 Å². The van der Waals surface area contributed by atoms with Gasteiger partial charge in [0, 0.05) is 51.5 Å². The molecule has 108 valence electrons. The number of nitrogens with zero attached hydrogens (tertiary/aromatic N) is 3. The van der Waals surface area contributed by atoms with Gasteiger partial charge < -0.3 is 5.32 Å². The van der Waals surface area contributed by atoms with Gasteiger partial charge >= 0.3 is 5.69 Å². The summed E-state index contributed by atoms with van der Waals surface area (Å²) in [6.45, 7) is 2.61. The predicted molar refractivity (Wildman–Crippen MR) is 76.9 cm³/mol. The van der Waals surface area contributed by atoms with E-state index in [0.29, 0.717) is 12.6 Å². The summed E-state index contributed by atoms with van der Waals surface area (Å²) in [4.78, 5) is 25.7. The highest BCUT2D eigenvalue weighted by atomic mass is 35.5. The average Bonchev–Trinajstić information content (AvgIpc) is 2.81. The summed E-state index contributed by atoms with van der Waals surface area (Å²) in [6.07, 6.45) is 1.11. The second-order valence-corrected chi connectivity index (χ2v) is 4.88. The molecule has 1 aromatic rings. The second-order valence-electron chi connectivity index (χ2n) is 4.88. The van der Waals surface area contributed by atoms with Crippen molar-refractivity contribution in [2.24, 2.45) is 14.1 Å². The molecule has 0 saturated carbocycles. The molecule has 7 heteroatoms. The van der Waals surface area contributed by atoms with Crippen LogP contribution in [-0.2, 0) is 20.6 Å². The number of rotatable bonds is 3. The Balaban J connectivity index is 0.00000180. The molecule has 2 heterocycles. The van der Waals surface area contributed by atoms with Crippen LogP contribution in [-0.4, -0.2) is 40.2 Å². The van der Waals surface area contributed by atoms with E-state index >= 15 is 0 Å². The van der Waals surface area contributed by atoms with Crippen LogP contribution >= 0.6 is 12.4 Å². The summed E-state index contributed by atoms with van der Waals surface area (Å²) in [7, 11) is 5.17. The first-order chi connectivity index (χ1) is 8.52. The maximum Gasteiger partial charge on any atom is 0.330 e. The minimum absolute atomic E-state index is 0. The Morgan fingerprint density at radius 3 is 2.58 bits per heavy atom. The van der Waals surface area contributed by atoms with Crippen LogP contribution in [0.3, 0.4) is 0 Å². The molecular formula is C12H21ClN4O2. The van der Waals surface area contributed by atoms with Crippen LogP contribution < -0.4 is 16.6 Å². The molecule has 1 unspecified atom stereocenters. The summed E-state index contributed by atoms with van der Waals surface area (Å²) in [5, 5.41) is 3.25. The largest absolute Gasteiger partial charge is 0.330 e. The highest BCUT2D eigenvalue weighted by Gasteiger charge is 2.21. The number of likely N-dealkylation sites (tertiary alicyclic amines) is 1. The van der Waals surface area contributed by atoms with Gasteiger partial charge in [0.05, 0.1) is 0 Å². The summed E-state index contributed by atoms with van der Waals surface area (Å²) < 4.78 is 2.68. The van der Waals surface area contributed by atoms with E-state index in [2.05, 4.69) is 10.2 Å². The van der Waals surface area contributed by atoms with Crippen molar-refractivity contribution in [1.29, 1.82) is 0 Å². The normalized spacial score (nSPS) is 19.4. The molecule has 2 rings (SSSR count). The zero-order chi connectivity index (χ0) is 13.3. The van der Waals surface area contributed by atoms with E-state index in [9.17, 15) is 9.59 Å². The fraction of sp³-hybridized carbons (Fsp3) is 0.667. The first-order valence-corrected chi connectivity index (χ1v) is 6.18. The van der Waals surface area contributed by atoms with Gasteiger partial charge in [-0.05, 0) is 13.5 Å². The molecule has 19 heavy (non-hydrogen) atoms. The molecule has 1 fully saturated rings. The molecule has 1 N–H and O–H groups in total. The monoisotopic (exact) mass is 288 g/mol. The maximum atomic E-state index is 11.8. The first kappa shape index (κ1) is 15.9. The lowest BCUT2D eigenvalue weighted by Crippen LogP contribution is -2.39. The van der Waals surface area contributed by atoms with Crippen LogP contribution in [0.25, 0.3) is 0 Å². The second kappa shape index (κ2) is 6.36. The standard InChI is InChI=1S/C12H20N4O2.ClH/c1-13-9-4-5-16(7-9)8-10-6-11(17)15(3)12(18)14(10)2;/h6,9,13H,4-5,7-8H2,1-3H3;1H. The Kier molecular flexibility index (Phi) is 5.34. The minimum Gasteiger partial charge on any atom is -0.316 e. The molecular weight excluding hydrogens is 268 g/mol. The van der Waals surface area contributed by atoms with Crippen LogP contribution in [0.1, 0.15) is 12.1 Å². The highest BCUT2D eigenvalue weighted by molar-refractivity contribution is 5.85. The smallest absolute Gasteiger partial charge is 0.316 e. The third kappa shape index (κ3) is 3.26. The van der Waals surface area contributed by atoms with Gasteiger partial charge in [0.2, 0.25) is 0 Å². The Morgan fingerprint density at radius 2 is 2.00 bits per heavy atom. The number of aromatic nitrogens is 2. The van der Waals surface area contributed by atoms with Gasteiger partial charge in [0.25, 0.3) is 5.56 Å². The van der Waals surface area contributed by atoms with Crippen LogP contribution in [0.15, 0.2) is 15.7 Å². The molecule has 0 amide bonds. The quantitative estimate of drug-likeness (QED) is 0.799. The van der Waals surface area contributed by atoms with Crippen LogP contribution in [0, 0.1) is 0 Å². The molecule has 0 aliphatic carbocycles. The Bertz CT molecular complexity index is 552. The van der Waals surface area contributed by atoms with Gasteiger partial charge in [-0.25, -0.2) is 4.79 Å². The van der Waals surface area contributed by atoms with E-state index < -0.39 is 0 Å². The Labute approximate surface area is 118 Å². The number of hydrogen-bond donors (Lipinski definition) is 1. The van der Waals surface area contributed by atoms with Crippen molar-refractivity contribution in [3.8, 4) is 0 Å². The molecule has 0 aromatic carbocycles. The fourth-order valence-electron chi connectivity index (χ4n) is 2.37. The molecule has 0 bridgehead atoms. The highest BCUT2D eigenvalue weighted by Crippen LogP contribution is 2.11. The van der Waals surface area contributed by atoms with Crippen molar-refractivity contribution >= 4 is 12.4 Å². The molecule has 0 radical (unpaired) electrons. The molecule has 1 atom stereocenters. The molecule has 1 aromatic heterocycles. The first-order valence-electron chi connectivity index (χ1n) is 6.18. The van der Waals surface area contributed by atoms with E-state index in [-0.39, 0.29) is 23.7 Å². The molecule has 1 aliphatic heterocycles. The van der Waals surface area contributed by atoms with Gasteiger partial charge in [0.1, 0.15) is 0 Å². The lowest BCUT2D eigenvalue weighted by atomic mass is 10.3. The van der Waals surface area contributed by atoms with Crippen molar-refractivity contribution < 1.29 is 0 Å². The number of halogens is 1. The lowest BCUT2D eigenvalue weighted by molar-refractivity contribution is 0.312.